The van der Waals surface area contributed by atoms with Crippen LogP contribution in [0, 0.1) is 0 Å². The summed E-state index contributed by atoms with van der Waals surface area (Å²) in [6.07, 6.45) is 7.42. The zero-order valence-corrected chi connectivity index (χ0v) is 29.4. The zero-order valence-electron chi connectivity index (χ0n) is 29.4. The molecule has 0 aromatic heterocycles. The third-order valence-corrected chi connectivity index (χ3v) is 6.39. The Morgan fingerprint density at radius 1 is 0.627 bits per heavy atom. The summed E-state index contributed by atoms with van der Waals surface area (Å²) in [4.78, 5) is 47.8. The third-order valence-electron chi connectivity index (χ3n) is 6.39. The highest BCUT2D eigenvalue weighted by Crippen LogP contribution is 2.28. The highest BCUT2D eigenvalue weighted by molar-refractivity contribution is 6.02. The summed E-state index contributed by atoms with van der Waals surface area (Å²) in [7, 11) is 1.48. The molecule has 51 heavy (non-hydrogen) atoms. The lowest BCUT2D eigenvalue weighted by molar-refractivity contribution is -0.140. The van der Waals surface area contributed by atoms with Crippen molar-refractivity contribution in [3.8, 4) is 17.2 Å². The molecule has 0 bridgehead atoms. The molecule has 272 valence electrons. The monoisotopic (exact) mass is 704 g/mol. The van der Waals surface area contributed by atoms with Crippen molar-refractivity contribution in [1.29, 1.82) is 0 Å². The molecule has 0 amide bonds. The second-order valence-electron chi connectivity index (χ2n) is 10.8. The highest BCUT2D eigenvalue weighted by Gasteiger charge is 2.09. The molecular weight excluding hydrogens is 660 g/mol. The molecule has 2 aromatic rings. The molecule has 0 aliphatic heterocycles. The molecule has 0 saturated heterocycles. The van der Waals surface area contributed by atoms with Crippen molar-refractivity contribution in [1.82, 2.24) is 0 Å². The maximum Gasteiger partial charge on any atom is 0.333 e. The van der Waals surface area contributed by atoms with E-state index in [1.54, 1.807) is 68.5 Å². The SMILES string of the molecule is C=C(C)C(=O)OCCOC(=C\C(=O)/C=C/c1ccc(OCCOC(=O)C(=C)C)c(OC)c1)/C=C/c1ccc(OCCOC(=O)C(=C)C)c(CO)c1. The van der Waals surface area contributed by atoms with Gasteiger partial charge in [0.2, 0.25) is 0 Å². The van der Waals surface area contributed by atoms with Gasteiger partial charge in [0.15, 0.2) is 17.3 Å². The molecule has 12 nitrogen and oxygen atoms in total. The second kappa shape index (κ2) is 22.0. The summed E-state index contributed by atoms with van der Waals surface area (Å²) in [5.74, 6) is -0.574. The first-order valence-corrected chi connectivity index (χ1v) is 15.7. The van der Waals surface area contributed by atoms with E-state index in [1.165, 1.54) is 26.2 Å². The van der Waals surface area contributed by atoms with Crippen molar-refractivity contribution in [3.05, 3.63) is 114 Å². The molecule has 0 spiro atoms. The number of allylic oxidation sites excluding steroid dienone is 3. The molecule has 12 heteroatoms. The lowest BCUT2D eigenvalue weighted by Gasteiger charge is -2.12. The summed E-state index contributed by atoms with van der Waals surface area (Å²) < 4.78 is 37.6. The number of aliphatic hydroxyl groups is 1. The normalized spacial score (nSPS) is 11.1. The standard InChI is InChI=1S/C39H44O12/c1-26(2)37(42)49-19-16-46-33(13-9-29-10-14-34(31(22-29)25-40)47-17-20-50-38(43)27(3)4)24-32(41)12-8-30-11-15-35(36(23-30)45-7)48-18-21-51-39(44)28(5)6/h8-15,22-24,40H,1,3,5,16-21,25H2,2,4,6-7H3/b12-8+,13-9+,33-24-. The Bertz CT molecular complexity index is 1680. The molecular formula is C39H44O12. The topological polar surface area (TPSA) is 153 Å². The van der Waals surface area contributed by atoms with Crippen molar-refractivity contribution in [3.63, 3.8) is 0 Å². The van der Waals surface area contributed by atoms with Gasteiger partial charge < -0.3 is 38.3 Å². The van der Waals surface area contributed by atoms with E-state index in [2.05, 4.69) is 19.7 Å². The van der Waals surface area contributed by atoms with Gasteiger partial charge in [-0.25, -0.2) is 14.4 Å². The van der Waals surface area contributed by atoms with Gasteiger partial charge in [-0.15, -0.1) is 0 Å². The van der Waals surface area contributed by atoms with E-state index >= 15 is 0 Å². The quantitative estimate of drug-likeness (QED) is 0.0411. The Labute approximate surface area is 297 Å². The van der Waals surface area contributed by atoms with Gasteiger partial charge in [-0.05, 0) is 68.3 Å². The Morgan fingerprint density at radius 2 is 1.10 bits per heavy atom. The maximum atomic E-state index is 13.0. The van der Waals surface area contributed by atoms with Crippen LogP contribution in [0.4, 0.5) is 0 Å². The van der Waals surface area contributed by atoms with Crippen molar-refractivity contribution >= 4 is 35.8 Å². The number of ketones is 1. The zero-order chi connectivity index (χ0) is 37.8. The first kappa shape index (κ1) is 41.3. The fraction of sp³-hybridized carbons (Fsp3) is 0.282. The molecule has 1 N–H and O–H groups in total. The number of methoxy groups -OCH3 is 1. The Kier molecular flexibility index (Phi) is 17.8. The van der Waals surface area contributed by atoms with E-state index in [4.69, 9.17) is 33.2 Å². The number of aliphatic hydroxyl groups excluding tert-OH is 1. The maximum absolute atomic E-state index is 13.0. The van der Waals surface area contributed by atoms with Crippen LogP contribution in [0.3, 0.4) is 0 Å². The number of hydrogen-bond donors (Lipinski definition) is 1. The predicted octanol–water partition coefficient (Wildman–Crippen LogP) is 5.50. The number of rotatable bonds is 22. The number of carbonyl (C=O) groups is 4. The molecule has 0 unspecified atom stereocenters. The predicted molar refractivity (Wildman–Crippen MR) is 191 cm³/mol. The second-order valence-corrected chi connectivity index (χ2v) is 10.8. The van der Waals surface area contributed by atoms with E-state index in [1.807, 2.05) is 0 Å². The van der Waals surface area contributed by atoms with Gasteiger partial charge in [0.05, 0.1) is 13.7 Å². The fourth-order valence-corrected chi connectivity index (χ4v) is 3.79. The highest BCUT2D eigenvalue weighted by atomic mass is 16.6. The van der Waals surface area contributed by atoms with Gasteiger partial charge in [0.1, 0.15) is 51.1 Å². The molecule has 0 aliphatic rings. The van der Waals surface area contributed by atoms with Crippen LogP contribution in [0.25, 0.3) is 12.2 Å². The van der Waals surface area contributed by atoms with E-state index < -0.39 is 23.7 Å². The van der Waals surface area contributed by atoms with Gasteiger partial charge in [0, 0.05) is 28.4 Å². The van der Waals surface area contributed by atoms with E-state index in [-0.39, 0.29) is 63.2 Å². The number of esters is 3. The largest absolute Gasteiger partial charge is 0.493 e. The summed E-state index contributed by atoms with van der Waals surface area (Å²) in [6, 6.07) is 10.1. The molecule has 0 heterocycles. The number of benzene rings is 2. The minimum absolute atomic E-state index is 0.0114. The van der Waals surface area contributed by atoms with Crippen LogP contribution < -0.4 is 14.2 Å². The molecule has 0 saturated carbocycles. The lowest BCUT2D eigenvalue weighted by atomic mass is 10.1. The van der Waals surface area contributed by atoms with Gasteiger partial charge >= 0.3 is 17.9 Å². The summed E-state index contributed by atoms with van der Waals surface area (Å²) in [6.45, 7) is 15.0. The first-order chi connectivity index (χ1) is 24.3. The lowest BCUT2D eigenvalue weighted by Crippen LogP contribution is -2.13. The molecule has 0 radical (unpaired) electrons. The Hall–Kier alpha value is -5.88. The van der Waals surface area contributed by atoms with Gasteiger partial charge in [-0.3, -0.25) is 4.79 Å². The summed E-state index contributed by atoms with van der Waals surface area (Å²) in [5.41, 5.74) is 2.60. The van der Waals surface area contributed by atoms with Crippen LogP contribution >= 0.6 is 0 Å². The molecule has 0 fully saturated rings. The molecule has 0 atom stereocenters. The van der Waals surface area contributed by atoms with E-state index in [0.29, 0.717) is 39.5 Å². The van der Waals surface area contributed by atoms with Gasteiger partial charge in [-0.2, -0.15) is 0 Å². The Morgan fingerprint density at radius 3 is 1.63 bits per heavy atom. The van der Waals surface area contributed by atoms with Crippen LogP contribution in [-0.2, 0) is 44.7 Å². The minimum Gasteiger partial charge on any atom is -0.493 e. The third kappa shape index (κ3) is 15.5. The molecule has 0 aliphatic carbocycles. The van der Waals surface area contributed by atoms with Crippen LogP contribution in [0.5, 0.6) is 17.2 Å². The number of hydrogen-bond acceptors (Lipinski definition) is 12. The fourth-order valence-electron chi connectivity index (χ4n) is 3.79. The van der Waals surface area contributed by atoms with Crippen molar-refractivity contribution < 1.29 is 57.4 Å². The molecule has 2 rings (SSSR count). The number of carbonyl (C=O) groups excluding carboxylic acids is 4. The smallest absolute Gasteiger partial charge is 0.333 e. The van der Waals surface area contributed by atoms with Crippen molar-refractivity contribution in [2.75, 3.05) is 46.8 Å². The van der Waals surface area contributed by atoms with Gasteiger partial charge in [0.25, 0.3) is 0 Å². The van der Waals surface area contributed by atoms with Crippen LogP contribution in [0.15, 0.2) is 96.8 Å². The molecule has 2 aromatic carbocycles. The Balaban J connectivity index is 2.16. The van der Waals surface area contributed by atoms with E-state index in [0.717, 1.165) is 0 Å². The van der Waals surface area contributed by atoms with Crippen LogP contribution in [-0.4, -0.2) is 75.5 Å². The average molecular weight is 705 g/mol. The van der Waals surface area contributed by atoms with Gasteiger partial charge in [-0.1, -0.05) is 44.0 Å². The summed E-state index contributed by atoms with van der Waals surface area (Å²) >= 11 is 0. The van der Waals surface area contributed by atoms with Crippen molar-refractivity contribution in [2.24, 2.45) is 0 Å². The van der Waals surface area contributed by atoms with Crippen LogP contribution in [0.1, 0.15) is 37.5 Å². The van der Waals surface area contributed by atoms with Crippen LogP contribution in [0.2, 0.25) is 0 Å². The van der Waals surface area contributed by atoms with E-state index in [9.17, 15) is 24.3 Å². The van der Waals surface area contributed by atoms with Crippen molar-refractivity contribution in [2.45, 2.75) is 27.4 Å². The summed E-state index contributed by atoms with van der Waals surface area (Å²) in [5, 5.41) is 9.90. The first-order valence-electron chi connectivity index (χ1n) is 15.7. The minimum atomic E-state index is -0.565. The average Bonchev–Trinajstić information content (AvgIpc) is 3.11. The number of ether oxygens (including phenoxy) is 7.